The zero-order chi connectivity index (χ0) is 18.6. The maximum absolute atomic E-state index is 12.1. The van der Waals surface area contributed by atoms with Crippen molar-refractivity contribution in [1.82, 2.24) is 20.4 Å². The van der Waals surface area contributed by atoms with Crippen molar-refractivity contribution in [3.05, 3.63) is 66.0 Å². The van der Waals surface area contributed by atoms with Gasteiger partial charge in [-0.05, 0) is 36.8 Å². The van der Waals surface area contributed by atoms with Crippen LogP contribution < -0.4 is 10.1 Å². The molecule has 27 heavy (non-hydrogen) atoms. The summed E-state index contributed by atoms with van der Waals surface area (Å²) in [6, 6.07) is 17.3. The molecule has 3 aromatic rings. The van der Waals surface area contributed by atoms with Gasteiger partial charge in [0.05, 0.1) is 13.1 Å². The molecule has 1 aliphatic heterocycles. The Morgan fingerprint density at radius 1 is 1.19 bits per heavy atom. The van der Waals surface area contributed by atoms with Gasteiger partial charge in [-0.2, -0.15) is 4.98 Å². The Hall–Kier alpha value is -3.35. The van der Waals surface area contributed by atoms with Crippen LogP contribution in [0.3, 0.4) is 0 Å². The molecule has 0 unspecified atom stereocenters. The van der Waals surface area contributed by atoms with Crippen LogP contribution in [-0.2, 0) is 6.54 Å². The van der Waals surface area contributed by atoms with Gasteiger partial charge in [-0.1, -0.05) is 35.5 Å². The summed E-state index contributed by atoms with van der Waals surface area (Å²) in [5.74, 6) is 1.85. The second-order valence-electron chi connectivity index (χ2n) is 6.46. The Kier molecular flexibility index (Phi) is 4.74. The van der Waals surface area contributed by atoms with E-state index in [4.69, 9.17) is 9.26 Å². The predicted molar refractivity (Wildman–Crippen MR) is 99.1 cm³/mol. The van der Waals surface area contributed by atoms with E-state index in [1.807, 2.05) is 54.6 Å². The number of carbonyl (C=O) groups is 1. The molecule has 2 amide bonds. The lowest BCUT2D eigenvalue weighted by Crippen LogP contribution is -2.58. The second kappa shape index (κ2) is 7.49. The number of aryl methyl sites for hydroxylation is 1. The second-order valence-corrected chi connectivity index (χ2v) is 6.46. The van der Waals surface area contributed by atoms with E-state index in [1.165, 1.54) is 0 Å². The molecule has 0 radical (unpaired) electrons. The van der Waals surface area contributed by atoms with E-state index in [1.54, 1.807) is 11.8 Å². The Morgan fingerprint density at radius 2 is 1.93 bits per heavy atom. The minimum Gasteiger partial charge on any atom is -0.487 e. The van der Waals surface area contributed by atoms with Gasteiger partial charge >= 0.3 is 6.03 Å². The third-order valence-electron chi connectivity index (χ3n) is 4.35. The lowest BCUT2D eigenvalue weighted by Gasteiger charge is -2.38. The summed E-state index contributed by atoms with van der Waals surface area (Å²) in [5, 5.41) is 6.71. The zero-order valence-corrected chi connectivity index (χ0v) is 15.0. The van der Waals surface area contributed by atoms with Crippen LogP contribution in [0.15, 0.2) is 59.1 Å². The molecule has 1 aliphatic rings. The van der Waals surface area contributed by atoms with Crippen LogP contribution in [0.4, 0.5) is 4.79 Å². The normalized spacial score (nSPS) is 13.9. The molecule has 138 valence electrons. The zero-order valence-electron chi connectivity index (χ0n) is 15.0. The highest BCUT2D eigenvalue weighted by molar-refractivity contribution is 5.75. The molecule has 0 atom stereocenters. The quantitative estimate of drug-likeness (QED) is 0.753. The summed E-state index contributed by atoms with van der Waals surface area (Å²) in [7, 11) is 0. The van der Waals surface area contributed by atoms with Crippen molar-refractivity contribution in [3.8, 4) is 17.2 Å². The number of benzene rings is 2. The van der Waals surface area contributed by atoms with Gasteiger partial charge in [0.2, 0.25) is 0 Å². The molecule has 4 rings (SSSR count). The Balaban J connectivity index is 1.23. The number of aromatic nitrogens is 2. The number of carbonyl (C=O) groups excluding carboxylic acids is 1. The summed E-state index contributed by atoms with van der Waals surface area (Å²) in [6.07, 6.45) is 0.00368. The molecule has 0 spiro atoms. The van der Waals surface area contributed by atoms with Crippen LogP contribution in [0.25, 0.3) is 11.5 Å². The molecule has 0 bridgehead atoms. The number of nitrogens with one attached hydrogen (secondary N) is 1. The number of nitrogens with zero attached hydrogens (tertiary/aromatic N) is 3. The first-order valence-electron chi connectivity index (χ1n) is 8.81. The SMILES string of the molecule is Cc1noc(-c2ccc(OC3CN(C(=O)NCc4ccccc4)C3)cc2)n1. The molecule has 1 N–H and O–H groups in total. The van der Waals surface area contributed by atoms with E-state index < -0.39 is 0 Å². The summed E-state index contributed by atoms with van der Waals surface area (Å²) in [6.45, 7) is 3.46. The number of amides is 2. The monoisotopic (exact) mass is 364 g/mol. The highest BCUT2D eigenvalue weighted by Gasteiger charge is 2.32. The van der Waals surface area contributed by atoms with E-state index in [0.717, 1.165) is 16.9 Å². The first-order valence-corrected chi connectivity index (χ1v) is 8.81. The van der Waals surface area contributed by atoms with Crippen molar-refractivity contribution in [2.75, 3.05) is 13.1 Å². The van der Waals surface area contributed by atoms with Crippen LogP contribution in [0, 0.1) is 6.92 Å². The van der Waals surface area contributed by atoms with E-state index in [9.17, 15) is 4.79 Å². The number of likely N-dealkylation sites (tertiary alicyclic amines) is 1. The summed E-state index contributed by atoms with van der Waals surface area (Å²) in [4.78, 5) is 18.1. The third-order valence-corrected chi connectivity index (χ3v) is 4.35. The van der Waals surface area contributed by atoms with Crippen molar-refractivity contribution >= 4 is 6.03 Å². The Bertz CT molecular complexity index is 902. The predicted octanol–water partition coefficient (Wildman–Crippen LogP) is 3.02. The van der Waals surface area contributed by atoms with Crippen molar-refractivity contribution in [2.45, 2.75) is 19.6 Å². The molecular weight excluding hydrogens is 344 g/mol. The van der Waals surface area contributed by atoms with Gasteiger partial charge in [0, 0.05) is 12.1 Å². The highest BCUT2D eigenvalue weighted by Crippen LogP contribution is 2.23. The first-order chi connectivity index (χ1) is 13.2. The Labute approximate surface area is 156 Å². The first kappa shape index (κ1) is 17.1. The van der Waals surface area contributed by atoms with Crippen LogP contribution >= 0.6 is 0 Å². The van der Waals surface area contributed by atoms with Gasteiger partial charge in [-0.25, -0.2) is 4.79 Å². The lowest BCUT2D eigenvalue weighted by atomic mass is 10.1. The van der Waals surface area contributed by atoms with Crippen molar-refractivity contribution < 1.29 is 14.1 Å². The van der Waals surface area contributed by atoms with E-state index in [0.29, 0.717) is 31.3 Å². The number of hydrogen-bond donors (Lipinski definition) is 1. The van der Waals surface area contributed by atoms with Gasteiger partial charge in [-0.3, -0.25) is 0 Å². The summed E-state index contributed by atoms with van der Waals surface area (Å²) >= 11 is 0. The van der Waals surface area contributed by atoms with Gasteiger partial charge < -0.3 is 19.5 Å². The molecule has 1 fully saturated rings. The maximum atomic E-state index is 12.1. The summed E-state index contributed by atoms with van der Waals surface area (Å²) in [5.41, 5.74) is 1.93. The largest absolute Gasteiger partial charge is 0.487 e. The van der Waals surface area contributed by atoms with Crippen LogP contribution in [-0.4, -0.2) is 40.3 Å². The van der Waals surface area contributed by atoms with Gasteiger partial charge in [-0.15, -0.1) is 0 Å². The summed E-state index contributed by atoms with van der Waals surface area (Å²) < 4.78 is 11.0. The van der Waals surface area contributed by atoms with Crippen molar-refractivity contribution in [1.29, 1.82) is 0 Å². The fourth-order valence-electron chi connectivity index (χ4n) is 2.85. The molecular formula is C20H20N4O3. The van der Waals surface area contributed by atoms with Crippen molar-refractivity contribution in [3.63, 3.8) is 0 Å². The number of hydrogen-bond acceptors (Lipinski definition) is 5. The molecule has 7 heteroatoms. The van der Waals surface area contributed by atoms with Gasteiger partial charge in [0.1, 0.15) is 11.9 Å². The van der Waals surface area contributed by atoms with Crippen LogP contribution in [0.1, 0.15) is 11.4 Å². The van der Waals surface area contributed by atoms with Crippen LogP contribution in [0.5, 0.6) is 5.75 Å². The minimum absolute atomic E-state index is 0.00368. The number of ether oxygens (including phenoxy) is 1. The average molecular weight is 364 g/mol. The van der Waals surface area contributed by atoms with E-state index in [-0.39, 0.29) is 12.1 Å². The minimum atomic E-state index is -0.0687. The molecule has 2 heterocycles. The molecule has 1 aromatic heterocycles. The van der Waals surface area contributed by atoms with E-state index >= 15 is 0 Å². The van der Waals surface area contributed by atoms with Gasteiger partial charge in [0.25, 0.3) is 5.89 Å². The highest BCUT2D eigenvalue weighted by atomic mass is 16.5. The molecule has 1 saturated heterocycles. The smallest absolute Gasteiger partial charge is 0.317 e. The molecule has 0 aliphatic carbocycles. The lowest BCUT2D eigenvalue weighted by molar-refractivity contribution is 0.0443. The van der Waals surface area contributed by atoms with Crippen LogP contribution in [0.2, 0.25) is 0 Å². The average Bonchev–Trinajstić information content (AvgIpc) is 3.10. The third kappa shape index (κ3) is 4.08. The van der Waals surface area contributed by atoms with E-state index in [2.05, 4.69) is 15.5 Å². The number of urea groups is 1. The molecule has 7 nitrogen and oxygen atoms in total. The maximum Gasteiger partial charge on any atom is 0.317 e. The Morgan fingerprint density at radius 3 is 2.59 bits per heavy atom. The fourth-order valence-corrected chi connectivity index (χ4v) is 2.85. The molecule has 2 aromatic carbocycles. The fraction of sp³-hybridized carbons (Fsp3) is 0.250. The standard InChI is InChI=1S/C20H20N4O3/c1-14-22-19(27-23-14)16-7-9-17(10-8-16)26-18-12-24(13-18)20(25)21-11-15-5-3-2-4-6-15/h2-10,18H,11-13H2,1H3,(H,21,25). The number of rotatable bonds is 5. The molecule has 0 saturated carbocycles. The topological polar surface area (TPSA) is 80.5 Å². The van der Waals surface area contributed by atoms with Crippen molar-refractivity contribution in [2.24, 2.45) is 0 Å². The van der Waals surface area contributed by atoms with Gasteiger partial charge in [0.15, 0.2) is 5.82 Å².